The van der Waals surface area contributed by atoms with E-state index in [9.17, 15) is 0 Å². The van der Waals surface area contributed by atoms with Gasteiger partial charge in [0.15, 0.2) is 0 Å². The molecule has 1 aliphatic heterocycles. The molecule has 1 heteroatoms. The van der Waals surface area contributed by atoms with Crippen molar-refractivity contribution in [3.05, 3.63) is 59.7 Å². The van der Waals surface area contributed by atoms with E-state index in [0.29, 0.717) is 0 Å². The highest BCUT2D eigenvalue weighted by Crippen LogP contribution is 2.38. The molecule has 0 aromatic heterocycles. The van der Waals surface area contributed by atoms with Gasteiger partial charge in [0, 0.05) is 0 Å². The maximum absolute atomic E-state index is 6.20. The van der Waals surface area contributed by atoms with Crippen molar-refractivity contribution in [3.8, 4) is 11.1 Å². The average molecular weight is 461 g/mol. The smallest absolute Gasteiger partial charge is 0.0825 e. The molecule has 0 radical (unpaired) electrons. The molecule has 1 saturated carbocycles. The molecule has 2 unspecified atom stereocenters. The van der Waals surface area contributed by atoms with Crippen molar-refractivity contribution in [1.82, 2.24) is 0 Å². The topological polar surface area (TPSA) is 9.23 Å². The molecule has 34 heavy (non-hydrogen) atoms. The molecule has 1 aliphatic carbocycles. The third-order valence-electron chi connectivity index (χ3n) is 8.63. The van der Waals surface area contributed by atoms with Crippen LogP contribution in [0.15, 0.2) is 48.5 Å². The number of hydrogen-bond acceptors (Lipinski definition) is 1. The highest BCUT2D eigenvalue weighted by atomic mass is 16.5. The van der Waals surface area contributed by atoms with E-state index in [1.54, 1.807) is 5.56 Å². The highest BCUT2D eigenvalue weighted by molar-refractivity contribution is 5.64. The molecule has 4 rings (SSSR count). The Morgan fingerprint density at radius 1 is 0.588 bits per heavy atom. The molecular formula is C33H48O. The lowest BCUT2D eigenvalue weighted by Gasteiger charge is -2.29. The van der Waals surface area contributed by atoms with Crippen molar-refractivity contribution in [2.24, 2.45) is 11.8 Å². The molecule has 1 heterocycles. The van der Waals surface area contributed by atoms with Gasteiger partial charge >= 0.3 is 0 Å². The summed E-state index contributed by atoms with van der Waals surface area (Å²) in [6.45, 7) is 5.51. The molecule has 2 fully saturated rings. The first kappa shape index (κ1) is 25.5. The first-order valence-corrected chi connectivity index (χ1v) is 14.6. The summed E-state index contributed by atoms with van der Waals surface area (Å²) in [6, 6.07) is 18.6. The fourth-order valence-electron chi connectivity index (χ4n) is 6.36. The predicted molar refractivity (Wildman–Crippen MR) is 146 cm³/mol. The minimum absolute atomic E-state index is 0.288. The molecule has 0 spiro atoms. The molecule has 2 atom stereocenters. The van der Waals surface area contributed by atoms with Crippen LogP contribution in [0.4, 0.5) is 0 Å². The Bertz CT molecular complexity index is 805. The van der Waals surface area contributed by atoms with Gasteiger partial charge in [-0.05, 0) is 85.0 Å². The van der Waals surface area contributed by atoms with E-state index in [0.717, 1.165) is 24.4 Å². The van der Waals surface area contributed by atoms with Crippen LogP contribution in [0.25, 0.3) is 11.1 Å². The van der Waals surface area contributed by atoms with Gasteiger partial charge in [0.25, 0.3) is 0 Å². The largest absolute Gasteiger partial charge is 0.373 e. The molecule has 1 saturated heterocycles. The van der Waals surface area contributed by atoms with E-state index < -0.39 is 0 Å². The molecule has 2 aromatic rings. The van der Waals surface area contributed by atoms with Gasteiger partial charge in [-0.1, -0.05) is 107 Å². The molecule has 0 bridgehead atoms. The summed E-state index contributed by atoms with van der Waals surface area (Å²) in [5.74, 6) is 2.53. The van der Waals surface area contributed by atoms with Crippen LogP contribution in [-0.2, 0) is 4.74 Å². The van der Waals surface area contributed by atoms with Crippen molar-refractivity contribution in [2.45, 2.75) is 116 Å². The molecule has 0 N–H and O–H groups in total. The van der Waals surface area contributed by atoms with Gasteiger partial charge in [-0.3, -0.25) is 0 Å². The third-order valence-corrected chi connectivity index (χ3v) is 8.63. The summed E-state index contributed by atoms with van der Waals surface area (Å²) in [5.41, 5.74) is 5.56. The Labute approximate surface area is 209 Å². The Hall–Kier alpha value is -1.60. The van der Waals surface area contributed by atoms with Gasteiger partial charge in [0.05, 0.1) is 12.7 Å². The number of benzene rings is 2. The maximum atomic E-state index is 6.20. The number of unbranched alkanes of at least 4 members (excludes halogenated alkanes) is 4. The van der Waals surface area contributed by atoms with Crippen LogP contribution >= 0.6 is 0 Å². The summed E-state index contributed by atoms with van der Waals surface area (Å²) in [4.78, 5) is 0. The second kappa shape index (κ2) is 13.5. The molecule has 2 aliphatic rings. The Balaban J connectivity index is 1.24. The van der Waals surface area contributed by atoms with E-state index in [2.05, 4.69) is 62.4 Å². The highest BCUT2D eigenvalue weighted by Gasteiger charge is 2.23. The fourth-order valence-corrected chi connectivity index (χ4v) is 6.36. The predicted octanol–water partition coefficient (Wildman–Crippen LogP) is 10.3. The molecule has 0 amide bonds. The van der Waals surface area contributed by atoms with Gasteiger partial charge in [-0.2, -0.15) is 0 Å². The van der Waals surface area contributed by atoms with Crippen molar-refractivity contribution < 1.29 is 4.74 Å². The van der Waals surface area contributed by atoms with Crippen molar-refractivity contribution in [3.63, 3.8) is 0 Å². The quantitative estimate of drug-likeness (QED) is 0.303. The normalized spacial score (nSPS) is 25.4. The second-order valence-corrected chi connectivity index (χ2v) is 11.2. The first-order valence-electron chi connectivity index (χ1n) is 14.6. The summed E-state index contributed by atoms with van der Waals surface area (Å²) in [7, 11) is 0. The zero-order chi connectivity index (χ0) is 23.6. The Morgan fingerprint density at radius 3 is 1.79 bits per heavy atom. The first-order chi connectivity index (χ1) is 16.8. The lowest BCUT2D eigenvalue weighted by Crippen LogP contribution is -2.20. The average Bonchev–Trinajstić information content (AvgIpc) is 2.90. The van der Waals surface area contributed by atoms with Gasteiger partial charge in [-0.25, -0.2) is 0 Å². The van der Waals surface area contributed by atoms with E-state index in [1.807, 2.05) is 0 Å². The summed E-state index contributed by atoms with van der Waals surface area (Å²) in [6.07, 6.45) is 19.6. The van der Waals surface area contributed by atoms with Crippen LogP contribution in [0.1, 0.15) is 127 Å². The van der Waals surface area contributed by atoms with Crippen LogP contribution in [0, 0.1) is 11.8 Å². The lowest BCUT2D eigenvalue weighted by molar-refractivity contribution is -0.0194. The standard InChI is InChI=1S/C33H48O/c1-3-5-6-7-8-10-26-11-14-28(15-12-26)29-16-18-30(19-17-29)31-20-22-32(23-21-31)33-24-13-27(9-4-2)25-34-33/h16-23,26-28,33H,3-15,24-25H2,1-2H3/t26-,27?,28-,33?. The van der Waals surface area contributed by atoms with Gasteiger partial charge in [-0.15, -0.1) is 0 Å². The molecule has 1 nitrogen and oxygen atoms in total. The zero-order valence-corrected chi connectivity index (χ0v) is 21.9. The molecular weight excluding hydrogens is 412 g/mol. The van der Waals surface area contributed by atoms with Gasteiger partial charge < -0.3 is 4.74 Å². The van der Waals surface area contributed by atoms with Crippen molar-refractivity contribution in [2.75, 3.05) is 6.61 Å². The Kier molecular flexibility index (Phi) is 10.1. The summed E-state index contributed by atoms with van der Waals surface area (Å²) in [5, 5.41) is 0. The van der Waals surface area contributed by atoms with Crippen LogP contribution in [-0.4, -0.2) is 6.61 Å². The fraction of sp³-hybridized carbons (Fsp3) is 0.636. The SMILES string of the molecule is CCCCCCC[C@H]1CC[C@H](c2ccc(-c3ccc(C4CCC(CCC)CO4)cc3)cc2)CC1. The number of hydrogen-bond donors (Lipinski definition) is 0. The molecule has 2 aromatic carbocycles. The third kappa shape index (κ3) is 7.20. The van der Waals surface area contributed by atoms with E-state index in [4.69, 9.17) is 4.74 Å². The van der Waals surface area contributed by atoms with Crippen LogP contribution in [0.3, 0.4) is 0 Å². The van der Waals surface area contributed by atoms with E-state index in [-0.39, 0.29) is 6.10 Å². The lowest BCUT2D eigenvalue weighted by atomic mass is 9.77. The second-order valence-electron chi connectivity index (χ2n) is 11.2. The summed E-state index contributed by atoms with van der Waals surface area (Å²) < 4.78 is 6.20. The zero-order valence-electron chi connectivity index (χ0n) is 21.9. The van der Waals surface area contributed by atoms with E-state index >= 15 is 0 Å². The van der Waals surface area contributed by atoms with Crippen molar-refractivity contribution >= 4 is 0 Å². The van der Waals surface area contributed by atoms with Crippen LogP contribution in [0.5, 0.6) is 0 Å². The van der Waals surface area contributed by atoms with Gasteiger partial charge in [0.1, 0.15) is 0 Å². The number of rotatable bonds is 11. The van der Waals surface area contributed by atoms with E-state index in [1.165, 1.54) is 107 Å². The minimum Gasteiger partial charge on any atom is -0.373 e. The summed E-state index contributed by atoms with van der Waals surface area (Å²) >= 11 is 0. The maximum Gasteiger partial charge on any atom is 0.0825 e. The van der Waals surface area contributed by atoms with Crippen molar-refractivity contribution in [1.29, 1.82) is 0 Å². The van der Waals surface area contributed by atoms with Crippen LogP contribution in [0.2, 0.25) is 0 Å². The van der Waals surface area contributed by atoms with Gasteiger partial charge in [0.2, 0.25) is 0 Å². The Morgan fingerprint density at radius 2 is 1.21 bits per heavy atom. The van der Waals surface area contributed by atoms with Crippen LogP contribution < -0.4 is 0 Å². The minimum atomic E-state index is 0.288. The molecule has 186 valence electrons. The monoisotopic (exact) mass is 460 g/mol. The number of ether oxygens (including phenoxy) is 1.